The largest absolute Gasteiger partial charge is 0.320 e. The third kappa shape index (κ3) is 3.36. The van der Waals surface area contributed by atoms with Gasteiger partial charge in [0.15, 0.2) is 0 Å². The first-order valence-corrected chi connectivity index (χ1v) is 7.24. The lowest BCUT2D eigenvalue weighted by atomic mass is 9.98. The standard InChI is InChI=1S/C15H22N2O2/c1-12-6-5-7-13(2)16(12)10-3-4-11-17-14(18)8-9-15(17)19/h12-13H,5-11H2,1-2H3/p+1/t12-,13-/m0/s1. The Kier molecular flexibility index (Phi) is 4.60. The number of imide groups is 1. The molecule has 2 rings (SSSR count). The molecule has 19 heavy (non-hydrogen) atoms. The second kappa shape index (κ2) is 6.21. The van der Waals surface area contributed by atoms with Gasteiger partial charge in [0, 0.05) is 12.8 Å². The van der Waals surface area contributed by atoms with Gasteiger partial charge in [0.25, 0.3) is 0 Å². The highest BCUT2D eigenvalue weighted by molar-refractivity contribution is 6.02. The van der Waals surface area contributed by atoms with E-state index in [4.69, 9.17) is 0 Å². The number of hydrogen-bond acceptors (Lipinski definition) is 2. The van der Waals surface area contributed by atoms with Crippen LogP contribution in [0.15, 0.2) is 0 Å². The lowest BCUT2D eigenvalue weighted by molar-refractivity contribution is -0.944. The summed E-state index contributed by atoms with van der Waals surface area (Å²) in [5.41, 5.74) is 0. The Morgan fingerprint density at radius 2 is 1.68 bits per heavy atom. The number of hydrogen-bond donors (Lipinski definition) is 1. The van der Waals surface area contributed by atoms with Crippen LogP contribution in [0.2, 0.25) is 0 Å². The number of amides is 2. The number of quaternary nitrogens is 1. The molecule has 0 saturated carbocycles. The van der Waals surface area contributed by atoms with Gasteiger partial charge in [-0.05, 0) is 39.0 Å². The van der Waals surface area contributed by atoms with Gasteiger partial charge in [0.05, 0.1) is 18.6 Å². The molecule has 0 aromatic heterocycles. The summed E-state index contributed by atoms with van der Waals surface area (Å²) in [6, 6.07) is 1.32. The van der Waals surface area contributed by atoms with Crippen LogP contribution in [0.3, 0.4) is 0 Å². The highest BCUT2D eigenvalue weighted by Gasteiger charge is 2.28. The second-order valence-electron chi connectivity index (χ2n) is 5.71. The first-order valence-electron chi connectivity index (χ1n) is 7.24. The van der Waals surface area contributed by atoms with Crippen LogP contribution < -0.4 is 4.90 Å². The molecule has 0 spiro atoms. The average molecular weight is 263 g/mol. The van der Waals surface area contributed by atoms with Gasteiger partial charge >= 0.3 is 0 Å². The summed E-state index contributed by atoms with van der Waals surface area (Å²) in [5.74, 6) is 5.99. The van der Waals surface area contributed by atoms with Gasteiger partial charge in [-0.3, -0.25) is 14.5 Å². The quantitative estimate of drug-likeness (QED) is 0.562. The fourth-order valence-electron chi connectivity index (χ4n) is 3.03. The van der Waals surface area contributed by atoms with Crippen molar-refractivity contribution in [3.05, 3.63) is 0 Å². The van der Waals surface area contributed by atoms with Gasteiger partial charge in [-0.15, -0.1) is 0 Å². The molecule has 0 unspecified atom stereocenters. The van der Waals surface area contributed by atoms with E-state index >= 15 is 0 Å². The van der Waals surface area contributed by atoms with Crippen LogP contribution in [0, 0.1) is 11.8 Å². The fourth-order valence-corrected chi connectivity index (χ4v) is 3.03. The number of likely N-dealkylation sites (tertiary alicyclic amines) is 2. The zero-order chi connectivity index (χ0) is 13.8. The summed E-state index contributed by atoms with van der Waals surface area (Å²) in [5, 5.41) is 0. The minimum Gasteiger partial charge on any atom is -0.320 e. The fraction of sp³-hybridized carbons (Fsp3) is 0.733. The van der Waals surface area contributed by atoms with Crippen molar-refractivity contribution >= 4 is 11.8 Å². The predicted molar refractivity (Wildman–Crippen MR) is 72.3 cm³/mol. The Balaban J connectivity index is 1.83. The molecule has 2 atom stereocenters. The number of rotatable bonds is 2. The summed E-state index contributed by atoms with van der Waals surface area (Å²) in [6.45, 7) is 5.65. The van der Waals surface area contributed by atoms with Gasteiger partial charge in [-0.25, -0.2) is 0 Å². The minimum absolute atomic E-state index is 0.0774. The van der Waals surface area contributed by atoms with E-state index in [1.807, 2.05) is 0 Å². The van der Waals surface area contributed by atoms with Crippen molar-refractivity contribution in [3.8, 4) is 11.8 Å². The van der Waals surface area contributed by atoms with E-state index in [-0.39, 0.29) is 18.4 Å². The molecule has 0 aromatic carbocycles. The monoisotopic (exact) mass is 263 g/mol. The molecule has 0 bridgehead atoms. The zero-order valence-corrected chi connectivity index (χ0v) is 11.9. The van der Waals surface area contributed by atoms with Gasteiger partial charge in [0.1, 0.15) is 6.54 Å². The molecule has 2 aliphatic rings. The van der Waals surface area contributed by atoms with E-state index in [0.717, 1.165) is 6.54 Å². The third-order valence-electron chi connectivity index (χ3n) is 4.35. The molecule has 1 N–H and O–H groups in total. The number of nitrogens with one attached hydrogen (secondary N) is 1. The van der Waals surface area contributed by atoms with Crippen LogP contribution in [-0.2, 0) is 9.59 Å². The Labute approximate surface area is 115 Å². The first-order chi connectivity index (χ1) is 9.09. The van der Waals surface area contributed by atoms with E-state index < -0.39 is 0 Å². The molecular formula is C15H23N2O2+. The summed E-state index contributed by atoms with van der Waals surface area (Å²) < 4.78 is 0. The van der Waals surface area contributed by atoms with Gasteiger partial charge in [-0.2, -0.15) is 0 Å². The van der Waals surface area contributed by atoms with Crippen LogP contribution in [0.5, 0.6) is 0 Å². The number of piperidine rings is 1. The molecule has 0 aliphatic carbocycles. The number of carbonyl (C=O) groups is 2. The van der Waals surface area contributed by atoms with E-state index in [9.17, 15) is 9.59 Å². The third-order valence-corrected chi connectivity index (χ3v) is 4.35. The molecule has 2 saturated heterocycles. The predicted octanol–water partition coefficient (Wildman–Crippen LogP) is -0.0154. The van der Waals surface area contributed by atoms with Crippen LogP contribution in [-0.4, -0.2) is 41.9 Å². The maximum Gasteiger partial charge on any atom is 0.230 e. The van der Waals surface area contributed by atoms with Crippen molar-refractivity contribution in [1.29, 1.82) is 0 Å². The highest BCUT2D eigenvalue weighted by Crippen LogP contribution is 2.10. The van der Waals surface area contributed by atoms with Gasteiger partial charge in [0.2, 0.25) is 11.8 Å². The van der Waals surface area contributed by atoms with Crippen LogP contribution in [0.1, 0.15) is 46.0 Å². The van der Waals surface area contributed by atoms with Crippen molar-refractivity contribution in [1.82, 2.24) is 4.90 Å². The molecule has 0 radical (unpaired) electrons. The highest BCUT2D eigenvalue weighted by atomic mass is 16.2. The Hall–Kier alpha value is -1.34. The number of nitrogens with zero attached hydrogens (tertiary/aromatic N) is 1. The zero-order valence-electron chi connectivity index (χ0n) is 11.9. The van der Waals surface area contributed by atoms with Crippen LogP contribution in [0.4, 0.5) is 0 Å². The summed E-state index contributed by atoms with van der Waals surface area (Å²) in [4.78, 5) is 25.7. The maximum atomic E-state index is 11.4. The molecule has 2 amide bonds. The van der Waals surface area contributed by atoms with E-state index in [1.165, 1.54) is 29.1 Å². The Morgan fingerprint density at radius 1 is 1.11 bits per heavy atom. The minimum atomic E-state index is -0.0774. The van der Waals surface area contributed by atoms with Crippen molar-refractivity contribution in [3.63, 3.8) is 0 Å². The summed E-state index contributed by atoms with van der Waals surface area (Å²) in [7, 11) is 0. The smallest absolute Gasteiger partial charge is 0.230 e. The maximum absolute atomic E-state index is 11.4. The SMILES string of the molecule is C[C@H]1CCC[C@H](C)[NH+]1CC#CCN1C(=O)CCC1=O. The van der Waals surface area contributed by atoms with Crippen LogP contribution >= 0.6 is 0 Å². The molecule has 0 aromatic rings. The molecule has 4 heteroatoms. The van der Waals surface area contributed by atoms with Crippen molar-refractivity contribution < 1.29 is 14.5 Å². The molecular weight excluding hydrogens is 240 g/mol. The second-order valence-corrected chi connectivity index (χ2v) is 5.71. The lowest BCUT2D eigenvalue weighted by Gasteiger charge is -2.34. The van der Waals surface area contributed by atoms with Crippen molar-refractivity contribution in [2.75, 3.05) is 13.1 Å². The number of carbonyl (C=O) groups excluding carboxylic acids is 2. The molecule has 2 aliphatic heterocycles. The van der Waals surface area contributed by atoms with Crippen LogP contribution in [0.25, 0.3) is 0 Å². The van der Waals surface area contributed by atoms with Crippen molar-refractivity contribution in [2.45, 2.75) is 58.0 Å². The molecule has 2 fully saturated rings. The summed E-state index contributed by atoms with van der Waals surface area (Å²) >= 11 is 0. The van der Waals surface area contributed by atoms with Crippen molar-refractivity contribution in [2.24, 2.45) is 0 Å². The van der Waals surface area contributed by atoms with E-state index in [0.29, 0.717) is 24.9 Å². The first kappa shape index (κ1) is 14.1. The lowest BCUT2D eigenvalue weighted by Crippen LogP contribution is -3.19. The average Bonchev–Trinajstić information content (AvgIpc) is 2.68. The normalized spacial score (nSPS) is 28.4. The molecule has 2 heterocycles. The van der Waals surface area contributed by atoms with Gasteiger partial charge in [-0.1, -0.05) is 5.92 Å². The summed E-state index contributed by atoms with van der Waals surface area (Å²) in [6.07, 6.45) is 4.56. The Bertz CT molecular complexity index is 396. The topological polar surface area (TPSA) is 41.8 Å². The Morgan fingerprint density at radius 3 is 2.26 bits per heavy atom. The van der Waals surface area contributed by atoms with E-state index in [1.54, 1.807) is 0 Å². The molecule has 4 nitrogen and oxygen atoms in total. The van der Waals surface area contributed by atoms with E-state index in [2.05, 4.69) is 25.7 Å². The van der Waals surface area contributed by atoms with Gasteiger partial charge < -0.3 is 4.90 Å². The molecule has 104 valence electrons.